The number of thiophene rings is 1. The minimum Gasteiger partial charge on any atom is -0.486 e. The summed E-state index contributed by atoms with van der Waals surface area (Å²) in [6, 6.07) is 10.8. The van der Waals surface area contributed by atoms with Crippen molar-refractivity contribution >= 4 is 27.3 Å². The molecular weight excluding hydrogens is 424 g/mol. The predicted molar refractivity (Wildman–Crippen MR) is 115 cm³/mol. The number of hydrogen-bond donors (Lipinski definition) is 0. The number of sulfonamides is 1. The zero-order valence-electron chi connectivity index (χ0n) is 17.0. The molecule has 1 unspecified atom stereocenters. The molecule has 1 atom stereocenters. The molecule has 0 saturated carbocycles. The molecule has 0 N–H and O–H groups in total. The maximum Gasteiger partial charge on any atom is 0.252 e. The fourth-order valence-corrected chi connectivity index (χ4v) is 6.69. The lowest BCUT2D eigenvalue weighted by atomic mass is 10.2. The lowest BCUT2D eigenvalue weighted by Gasteiger charge is -2.29. The van der Waals surface area contributed by atoms with Gasteiger partial charge in [0.1, 0.15) is 10.8 Å². The van der Waals surface area contributed by atoms with E-state index in [1.807, 2.05) is 24.3 Å². The van der Waals surface area contributed by atoms with Crippen LogP contribution in [0.2, 0.25) is 0 Å². The summed E-state index contributed by atoms with van der Waals surface area (Å²) in [5, 5.41) is 0. The third-order valence-corrected chi connectivity index (χ3v) is 8.79. The third kappa shape index (κ3) is 4.63. The van der Waals surface area contributed by atoms with E-state index in [4.69, 9.17) is 9.47 Å². The topological polar surface area (TPSA) is 76.1 Å². The first kappa shape index (κ1) is 21.1. The van der Waals surface area contributed by atoms with Crippen LogP contribution in [0.25, 0.3) is 0 Å². The highest BCUT2D eigenvalue weighted by Gasteiger charge is 2.28. The van der Waals surface area contributed by atoms with Crippen molar-refractivity contribution < 1.29 is 22.7 Å². The van der Waals surface area contributed by atoms with Crippen LogP contribution < -0.4 is 9.47 Å². The van der Waals surface area contributed by atoms with E-state index < -0.39 is 10.0 Å². The summed E-state index contributed by atoms with van der Waals surface area (Å²) >= 11 is 1.18. The monoisotopic (exact) mass is 450 g/mol. The first-order valence-corrected chi connectivity index (χ1v) is 12.4. The number of piperidine rings is 1. The molecule has 0 spiro atoms. The zero-order chi connectivity index (χ0) is 21.1. The number of amides is 1. The lowest BCUT2D eigenvalue weighted by molar-refractivity contribution is -0.130. The van der Waals surface area contributed by atoms with Crippen LogP contribution in [0, 0.1) is 0 Å². The molecule has 1 amide bonds. The van der Waals surface area contributed by atoms with E-state index in [9.17, 15) is 13.2 Å². The molecule has 0 bridgehead atoms. The van der Waals surface area contributed by atoms with Gasteiger partial charge in [-0.15, -0.1) is 11.3 Å². The number of nitrogens with zero attached hydrogens (tertiary/aromatic N) is 2. The highest BCUT2D eigenvalue weighted by molar-refractivity contribution is 7.91. The second-order valence-electron chi connectivity index (χ2n) is 7.63. The van der Waals surface area contributed by atoms with E-state index >= 15 is 0 Å². The molecule has 2 aromatic rings. The molecule has 9 heteroatoms. The first-order valence-electron chi connectivity index (χ1n) is 10.1. The maximum absolute atomic E-state index is 12.8. The minimum absolute atomic E-state index is 0.0822. The smallest absolute Gasteiger partial charge is 0.252 e. The number of likely N-dealkylation sites (N-methyl/N-ethyl adjacent to an activating group) is 1. The van der Waals surface area contributed by atoms with Gasteiger partial charge in [0, 0.05) is 25.0 Å². The van der Waals surface area contributed by atoms with Gasteiger partial charge in [0.2, 0.25) is 5.91 Å². The van der Waals surface area contributed by atoms with E-state index in [1.54, 1.807) is 28.4 Å². The summed E-state index contributed by atoms with van der Waals surface area (Å²) in [5.74, 6) is 1.31. The summed E-state index contributed by atoms with van der Waals surface area (Å²) in [6.07, 6.45) is 2.80. The Hall–Kier alpha value is -2.10. The Morgan fingerprint density at radius 3 is 2.63 bits per heavy atom. The van der Waals surface area contributed by atoms with Crippen molar-refractivity contribution in [2.24, 2.45) is 0 Å². The van der Waals surface area contributed by atoms with E-state index in [-0.39, 0.29) is 18.4 Å². The van der Waals surface area contributed by atoms with Gasteiger partial charge in [0.15, 0.2) is 17.6 Å². The number of hydrogen-bond acceptors (Lipinski definition) is 6. The number of ether oxygens (including phenoxy) is 2. The molecule has 2 aliphatic heterocycles. The zero-order valence-corrected chi connectivity index (χ0v) is 18.6. The number of rotatable bonds is 6. The van der Waals surface area contributed by atoms with Crippen molar-refractivity contribution in [1.29, 1.82) is 0 Å². The van der Waals surface area contributed by atoms with Gasteiger partial charge in [0.05, 0.1) is 13.0 Å². The number of carbonyl (C=O) groups excluding carboxylic acids is 1. The maximum atomic E-state index is 12.8. The molecule has 3 heterocycles. The second kappa shape index (κ2) is 8.95. The third-order valence-electron chi connectivity index (χ3n) is 5.34. The van der Waals surface area contributed by atoms with E-state index in [1.165, 1.54) is 11.3 Å². The summed E-state index contributed by atoms with van der Waals surface area (Å²) < 4.78 is 39.1. The van der Waals surface area contributed by atoms with Crippen molar-refractivity contribution in [2.75, 3.05) is 33.3 Å². The van der Waals surface area contributed by atoms with Gasteiger partial charge in [0.25, 0.3) is 10.0 Å². The van der Waals surface area contributed by atoms with Gasteiger partial charge in [-0.05, 0) is 37.1 Å². The van der Waals surface area contributed by atoms with Gasteiger partial charge in [-0.3, -0.25) is 4.79 Å². The lowest BCUT2D eigenvalue weighted by Crippen LogP contribution is -2.42. The SMILES string of the molecule is CN(CC1COc2ccccc2O1)C(=O)Cc1ccc(S(=O)(=O)N2CCCCC2)s1. The number of fused-ring (bicyclic) bond motifs is 1. The first-order chi connectivity index (χ1) is 14.4. The highest BCUT2D eigenvalue weighted by atomic mass is 32.2. The van der Waals surface area contributed by atoms with Crippen LogP contribution in [0.5, 0.6) is 11.5 Å². The van der Waals surface area contributed by atoms with E-state index in [2.05, 4.69) is 0 Å². The van der Waals surface area contributed by atoms with Crippen molar-refractivity contribution in [1.82, 2.24) is 9.21 Å². The normalized spacial score (nSPS) is 19.4. The van der Waals surface area contributed by atoms with Crippen molar-refractivity contribution in [3.8, 4) is 11.5 Å². The van der Waals surface area contributed by atoms with Crippen molar-refractivity contribution in [3.63, 3.8) is 0 Å². The summed E-state index contributed by atoms with van der Waals surface area (Å²) in [6.45, 7) is 1.93. The molecule has 1 aromatic carbocycles. The Morgan fingerprint density at radius 1 is 1.13 bits per heavy atom. The molecule has 0 aliphatic carbocycles. The van der Waals surface area contributed by atoms with Gasteiger partial charge in [-0.2, -0.15) is 4.31 Å². The van der Waals surface area contributed by atoms with E-state index in [0.29, 0.717) is 41.9 Å². The molecule has 162 valence electrons. The Labute approximate surface area is 181 Å². The quantitative estimate of drug-likeness (QED) is 0.677. The molecule has 4 rings (SSSR count). The highest BCUT2D eigenvalue weighted by Crippen LogP contribution is 2.31. The van der Waals surface area contributed by atoms with Crippen LogP contribution >= 0.6 is 11.3 Å². The van der Waals surface area contributed by atoms with Crippen LogP contribution in [0.4, 0.5) is 0 Å². The van der Waals surface area contributed by atoms with Crippen molar-refractivity contribution in [3.05, 3.63) is 41.3 Å². The number of carbonyl (C=O) groups is 1. The molecule has 1 aromatic heterocycles. The Kier molecular flexibility index (Phi) is 6.31. The molecule has 1 saturated heterocycles. The Balaban J connectivity index is 1.34. The second-order valence-corrected chi connectivity index (χ2v) is 11.0. The summed E-state index contributed by atoms with van der Waals surface area (Å²) in [7, 11) is -1.73. The van der Waals surface area contributed by atoms with Gasteiger partial charge in [-0.1, -0.05) is 18.6 Å². The standard InChI is InChI=1S/C21H26N2O5S2/c1-22(14-16-15-27-18-7-3-4-8-19(18)28-16)20(24)13-17-9-10-21(29-17)30(25,26)23-11-5-2-6-12-23/h3-4,7-10,16H,2,5-6,11-15H2,1H3. The Morgan fingerprint density at radius 2 is 1.87 bits per heavy atom. The summed E-state index contributed by atoms with van der Waals surface area (Å²) in [5.41, 5.74) is 0. The molecule has 7 nitrogen and oxygen atoms in total. The molecule has 2 aliphatic rings. The van der Waals surface area contributed by atoms with Gasteiger partial charge < -0.3 is 14.4 Å². The Bertz CT molecular complexity index is 998. The molecular formula is C21H26N2O5S2. The number of para-hydroxylation sites is 2. The molecule has 30 heavy (non-hydrogen) atoms. The molecule has 0 radical (unpaired) electrons. The van der Waals surface area contributed by atoms with Gasteiger partial charge in [-0.25, -0.2) is 8.42 Å². The van der Waals surface area contributed by atoms with Gasteiger partial charge >= 0.3 is 0 Å². The van der Waals surface area contributed by atoms with Crippen LogP contribution in [0.1, 0.15) is 24.1 Å². The minimum atomic E-state index is -3.46. The van der Waals surface area contributed by atoms with Crippen LogP contribution in [-0.4, -0.2) is 62.9 Å². The van der Waals surface area contributed by atoms with Crippen LogP contribution in [0.15, 0.2) is 40.6 Å². The fraction of sp³-hybridized carbons (Fsp3) is 0.476. The van der Waals surface area contributed by atoms with E-state index in [0.717, 1.165) is 24.1 Å². The average Bonchev–Trinajstić information content (AvgIpc) is 3.23. The fourth-order valence-electron chi connectivity index (χ4n) is 3.67. The average molecular weight is 451 g/mol. The number of benzene rings is 1. The van der Waals surface area contributed by atoms with Crippen LogP contribution in [-0.2, 0) is 21.2 Å². The summed E-state index contributed by atoms with van der Waals surface area (Å²) in [4.78, 5) is 15.0. The van der Waals surface area contributed by atoms with Crippen molar-refractivity contribution in [2.45, 2.75) is 36.0 Å². The largest absolute Gasteiger partial charge is 0.486 e. The van der Waals surface area contributed by atoms with Crippen LogP contribution in [0.3, 0.4) is 0 Å². The molecule has 1 fully saturated rings. The predicted octanol–water partition coefficient (Wildman–Crippen LogP) is 2.76.